The van der Waals surface area contributed by atoms with Gasteiger partial charge in [-0.15, -0.1) is 0 Å². The highest BCUT2D eigenvalue weighted by molar-refractivity contribution is 6.30. The van der Waals surface area contributed by atoms with Crippen LogP contribution in [0.25, 0.3) is 0 Å². The van der Waals surface area contributed by atoms with Crippen molar-refractivity contribution in [2.75, 3.05) is 6.54 Å². The van der Waals surface area contributed by atoms with Crippen molar-refractivity contribution < 1.29 is 4.79 Å². The Labute approximate surface area is 131 Å². The Balaban J connectivity index is 2.04. The summed E-state index contributed by atoms with van der Waals surface area (Å²) >= 11 is 5.91. The van der Waals surface area contributed by atoms with Gasteiger partial charge in [0.2, 0.25) is 0 Å². The van der Waals surface area contributed by atoms with Gasteiger partial charge in [-0.2, -0.15) is 0 Å². The number of amides is 1. The lowest BCUT2D eigenvalue weighted by Crippen LogP contribution is -2.36. The second-order valence-electron chi connectivity index (χ2n) is 5.94. The first-order valence-corrected chi connectivity index (χ1v) is 7.37. The summed E-state index contributed by atoms with van der Waals surface area (Å²) in [5.74, 6) is -0.0410. The molecule has 0 heterocycles. The lowest BCUT2D eigenvalue weighted by molar-refractivity contribution is 0.0945. The van der Waals surface area contributed by atoms with Gasteiger partial charge in [0.05, 0.1) is 0 Å². The van der Waals surface area contributed by atoms with Crippen LogP contribution >= 0.6 is 11.6 Å². The third-order valence-electron chi connectivity index (χ3n) is 3.60. The topological polar surface area (TPSA) is 29.1 Å². The SMILES string of the molecule is Cc1cccc(C(=O)NCC(C)(C)c2ccc(Cl)cc2)c1. The van der Waals surface area contributed by atoms with Crippen molar-refractivity contribution in [3.63, 3.8) is 0 Å². The van der Waals surface area contributed by atoms with E-state index in [0.29, 0.717) is 12.1 Å². The molecule has 0 saturated heterocycles. The van der Waals surface area contributed by atoms with Gasteiger partial charge < -0.3 is 5.32 Å². The van der Waals surface area contributed by atoms with Crippen molar-refractivity contribution in [3.05, 3.63) is 70.2 Å². The van der Waals surface area contributed by atoms with Crippen molar-refractivity contribution in [1.29, 1.82) is 0 Å². The second kappa shape index (κ2) is 6.31. The molecule has 3 heteroatoms. The van der Waals surface area contributed by atoms with E-state index in [1.165, 1.54) is 0 Å². The molecule has 1 amide bonds. The maximum Gasteiger partial charge on any atom is 0.251 e. The van der Waals surface area contributed by atoms with Crippen LogP contribution < -0.4 is 5.32 Å². The minimum atomic E-state index is -0.149. The minimum absolute atomic E-state index is 0.0410. The molecule has 2 nitrogen and oxygen atoms in total. The zero-order valence-corrected chi connectivity index (χ0v) is 13.4. The van der Waals surface area contributed by atoms with E-state index >= 15 is 0 Å². The number of carbonyl (C=O) groups is 1. The van der Waals surface area contributed by atoms with Gasteiger partial charge >= 0.3 is 0 Å². The number of carbonyl (C=O) groups excluding carboxylic acids is 1. The van der Waals surface area contributed by atoms with Crippen molar-refractivity contribution >= 4 is 17.5 Å². The predicted octanol–water partition coefficient (Wildman–Crippen LogP) is 4.36. The average Bonchev–Trinajstić information content (AvgIpc) is 2.45. The average molecular weight is 302 g/mol. The molecule has 0 aliphatic rings. The molecule has 2 aromatic rings. The van der Waals surface area contributed by atoms with E-state index in [1.54, 1.807) is 0 Å². The zero-order valence-electron chi connectivity index (χ0n) is 12.6. The molecule has 0 bridgehead atoms. The normalized spacial score (nSPS) is 11.2. The number of benzene rings is 2. The van der Waals surface area contributed by atoms with Gasteiger partial charge in [-0.3, -0.25) is 4.79 Å². The molecule has 0 saturated carbocycles. The van der Waals surface area contributed by atoms with Crippen molar-refractivity contribution in [2.45, 2.75) is 26.2 Å². The van der Waals surface area contributed by atoms with Gasteiger partial charge in [0, 0.05) is 22.5 Å². The van der Waals surface area contributed by atoms with Gasteiger partial charge in [0.25, 0.3) is 5.91 Å². The lowest BCUT2D eigenvalue weighted by atomic mass is 9.84. The lowest BCUT2D eigenvalue weighted by Gasteiger charge is -2.25. The van der Waals surface area contributed by atoms with Crippen LogP contribution in [0.3, 0.4) is 0 Å². The van der Waals surface area contributed by atoms with E-state index in [2.05, 4.69) is 19.2 Å². The van der Waals surface area contributed by atoms with Gasteiger partial charge in [-0.25, -0.2) is 0 Å². The van der Waals surface area contributed by atoms with E-state index in [0.717, 1.165) is 16.1 Å². The standard InChI is InChI=1S/C18H20ClNO/c1-13-5-4-6-14(11-13)17(21)20-12-18(2,3)15-7-9-16(19)10-8-15/h4-11H,12H2,1-3H3,(H,20,21). The first-order chi connectivity index (χ1) is 9.88. The molecule has 0 aliphatic carbocycles. The maximum absolute atomic E-state index is 12.2. The van der Waals surface area contributed by atoms with E-state index in [-0.39, 0.29) is 11.3 Å². The number of nitrogens with one attached hydrogen (secondary N) is 1. The van der Waals surface area contributed by atoms with Crippen LogP contribution in [0.15, 0.2) is 48.5 Å². The quantitative estimate of drug-likeness (QED) is 0.893. The fraction of sp³-hybridized carbons (Fsp3) is 0.278. The summed E-state index contributed by atoms with van der Waals surface area (Å²) in [5, 5.41) is 3.73. The van der Waals surface area contributed by atoms with Crippen LogP contribution in [0.4, 0.5) is 0 Å². The Morgan fingerprint density at radius 1 is 1.14 bits per heavy atom. The molecule has 0 fully saturated rings. The van der Waals surface area contributed by atoms with Gasteiger partial charge in [-0.05, 0) is 36.8 Å². The summed E-state index contributed by atoms with van der Waals surface area (Å²) in [6.07, 6.45) is 0. The highest BCUT2D eigenvalue weighted by atomic mass is 35.5. The second-order valence-corrected chi connectivity index (χ2v) is 6.38. The van der Waals surface area contributed by atoms with E-state index in [4.69, 9.17) is 11.6 Å². The number of rotatable bonds is 4. The third-order valence-corrected chi connectivity index (χ3v) is 3.85. The Hall–Kier alpha value is -1.80. The van der Waals surface area contributed by atoms with Crippen molar-refractivity contribution in [2.24, 2.45) is 0 Å². The molecule has 1 N–H and O–H groups in total. The van der Waals surface area contributed by atoms with Crippen molar-refractivity contribution in [1.82, 2.24) is 5.32 Å². The maximum atomic E-state index is 12.2. The van der Waals surface area contributed by atoms with Crippen LogP contribution in [-0.4, -0.2) is 12.5 Å². The van der Waals surface area contributed by atoms with Crippen LogP contribution in [0.5, 0.6) is 0 Å². The Kier molecular flexibility index (Phi) is 4.69. The van der Waals surface area contributed by atoms with Crippen LogP contribution in [0.2, 0.25) is 5.02 Å². The van der Waals surface area contributed by atoms with Gasteiger partial charge in [0.1, 0.15) is 0 Å². The Morgan fingerprint density at radius 2 is 1.81 bits per heavy atom. The smallest absolute Gasteiger partial charge is 0.251 e. The first kappa shape index (κ1) is 15.6. The monoisotopic (exact) mass is 301 g/mol. The van der Waals surface area contributed by atoms with Crippen LogP contribution in [0, 0.1) is 6.92 Å². The molecule has 0 aromatic heterocycles. The fourth-order valence-corrected chi connectivity index (χ4v) is 2.32. The summed E-state index contributed by atoms with van der Waals surface area (Å²) < 4.78 is 0. The van der Waals surface area contributed by atoms with Crippen molar-refractivity contribution in [3.8, 4) is 0 Å². The van der Waals surface area contributed by atoms with Gasteiger partial charge in [0.15, 0.2) is 0 Å². The fourth-order valence-electron chi connectivity index (χ4n) is 2.19. The summed E-state index contributed by atoms with van der Waals surface area (Å²) in [4.78, 5) is 12.2. The summed E-state index contributed by atoms with van der Waals surface area (Å²) in [6, 6.07) is 15.4. The zero-order chi connectivity index (χ0) is 15.5. The highest BCUT2D eigenvalue weighted by Gasteiger charge is 2.21. The molecule has 110 valence electrons. The van der Waals surface area contributed by atoms with E-state index in [1.807, 2.05) is 55.5 Å². The molecule has 2 rings (SSSR count). The molecule has 0 spiro atoms. The molecule has 2 aromatic carbocycles. The minimum Gasteiger partial charge on any atom is -0.351 e. The number of aryl methyl sites for hydroxylation is 1. The Bertz CT molecular complexity index is 632. The van der Waals surface area contributed by atoms with E-state index < -0.39 is 0 Å². The predicted molar refractivity (Wildman–Crippen MR) is 88.0 cm³/mol. The van der Waals surface area contributed by atoms with Crippen LogP contribution in [-0.2, 0) is 5.41 Å². The largest absolute Gasteiger partial charge is 0.351 e. The molecular weight excluding hydrogens is 282 g/mol. The molecule has 0 radical (unpaired) electrons. The van der Waals surface area contributed by atoms with E-state index in [9.17, 15) is 4.79 Å². The molecule has 0 aliphatic heterocycles. The third kappa shape index (κ3) is 4.08. The molecule has 0 atom stereocenters. The molecular formula is C18H20ClNO. The highest BCUT2D eigenvalue weighted by Crippen LogP contribution is 2.24. The number of halogens is 1. The first-order valence-electron chi connectivity index (χ1n) is 6.99. The number of hydrogen-bond acceptors (Lipinski definition) is 1. The van der Waals surface area contributed by atoms with Gasteiger partial charge in [-0.1, -0.05) is 55.3 Å². The summed E-state index contributed by atoms with van der Waals surface area (Å²) in [5.41, 5.74) is 2.78. The summed E-state index contributed by atoms with van der Waals surface area (Å²) in [7, 11) is 0. The Morgan fingerprint density at radius 3 is 2.43 bits per heavy atom. The molecule has 0 unspecified atom stereocenters. The molecule has 21 heavy (non-hydrogen) atoms. The summed E-state index contributed by atoms with van der Waals surface area (Å²) in [6.45, 7) is 6.76. The van der Waals surface area contributed by atoms with Crippen LogP contribution in [0.1, 0.15) is 35.3 Å². The number of hydrogen-bond donors (Lipinski definition) is 1.